The molecule has 6 rings (SSSR count). The quantitative estimate of drug-likeness (QED) is 0.444. The number of hydrogen-bond acceptors (Lipinski definition) is 8. The van der Waals surface area contributed by atoms with E-state index in [-0.39, 0.29) is 24.6 Å². The second-order valence-electron chi connectivity index (χ2n) is 11.1. The molecule has 1 aromatic carbocycles. The Labute approximate surface area is 235 Å². The second-order valence-corrected chi connectivity index (χ2v) is 11.5. The summed E-state index contributed by atoms with van der Waals surface area (Å²) in [4.78, 5) is 36.9. The summed E-state index contributed by atoms with van der Waals surface area (Å²) in [6, 6.07) is 4.01. The van der Waals surface area contributed by atoms with E-state index in [1.807, 2.05) is 0 Å². The maximum atomic E-state index is 14.7. The minimum Gasteiger partial charge on any atom is -0.387 e. The first kappa shape index (κ1) is 26.9. The van der Waals surface area contributed by atoms with E-state index < -0.39 is 17.7 Å². The molecule has 2 aromatic heterocycles. The zero-order valence-corrected chi connectivity index (χ0v) is 23.1. The molecule has 1 atom stereocenters. The van der Waals surface area contributed by atoms with Gasteiger partial charge in [-0.25, -0.2) is 13.9 Å². The van der Waals surface area contributed by atoms with Gasteiger partial charge in [0.1, 0.15) is 11.7 Å². The fraction of sp³-hybridized carbons (Fsp3) is 0.481. The van der Waals surface area contributed by atoms with Crippen molar-refractivity contribution in [2.75, 3.05) is 56.2 Å². The summed E-state index contributed by atoms with van der Waals surface area (Å²) in [5.74, 6) is -0.696. The van der Waals surface area contributed by atoms with Gasteiger partial charge in [-0.2, -0.15) is 5.10 Å². The molecule has 212 valence electrons. The van der Waals surface area contributed by atoms with Crippen molar-refractivity contribution in [1.29, 1.82) is 0 Å². The van der Waals surface area contributed by atoms with Crippen LogP contribution in [0.3, 0.4) is 0 Å². The van der Waals surface area contributed by atoms with Crippen LogP contribution in [0.25, 0.3) is 5.65 Å². The van der Waals surface area contributed by atoms with E-state index >= 15 is 0 Å². The first-order valence-corrected chi connectivity index (χ1v) is 13.7. The summed E-state index contributed by atoms with van der Waals surface area (Å²) >= 11 is 6.01. The molecule has 3 aromatic rings. The van der Waals surface area contributed by atoms with Crippen LogP contribution in [0.5, 0.6) is 0 Å². The number of amides is 2. The standard InChI is InChI=1S/C27H31ClFN7O4/c1-27(2,39)23(29)13-35-11-16-7-21(32-25(37)20-10-31-36-12-17(28)9-30-24(20)36)22(8-19(16)26(35)38)34-5-3-33(4-6-34)18-14-40-15-18/h7-10,12,18,23,39H,3-6,11,13-15H2,1-2H3,(H,32,37). The lowest BCUT2D eigenvalue weighted by molar-refractivity contribution is -0.0660. The number of carbonyl (C=O) groups is 2. The lowest BCUT2D eigenvalue weighted by Gasteiger charge is -2.43. The van der Waals surface area contributed by atoms with Gasteiger partial charge in [0.05, 0.1) is 60.2 Å². The second kappa shape index (κ2) is 10.3. The molecule has 0 aliphatic carbocycles. The first-order valence-electron chi connectivity index (χ1n) is 13.3. The lowest BCUT2D eigenvalue weighted by atomic mass is 10.0. The van der Waals surface area contributed by atoms with E-state index in [0.29, 0.717) is 46.6 Å². The molecule has 3 aliphatic heterocycles. The number of alkyl halides is 1. The van der Waals surface area contributed by atoms with Gasteiger partial charge < -0.3 is 25.0 Å². The van der Waals surface area contributed by atoms with Gasteiger partial charge >= 0.3 is 0 Å². The van der Waals surface area contributed by atoms with Gasteiger partial charge in [0.2, 0.25) is 0 Å². The molecular formula is C27H31ClFN7O4. The number of nitrogens with zero attached hydrogens (tertiary/aromatic N) is 6. The maximum absolute atomic E-state index is 14.7. The Hall–Kier alpha value is -3.32. The third-order valence-electron chi connectivity index (χ3n) is 7.86. The van der Waals surface area contributed by atoms with E-state index in [4.69, 9.17) is 16.3 Å². The SMILES string of the molecule is CC(C)(O)C(F)CN1Cc2cc(NC(=O)c3cnn4cc(Cl)cnc34)c(N3CCN(C4COC4)CC3)cc2C1=O. The van der Waals surface area contributed by atoms with Crippen molar-refractivity contribution >= 4 is 40.4 Å². The number of piperazine rings is 1. The van der Waals surface area contributed by atoms with Crippen LogP contribution in [0.4, 0.5) is 15.8 Å². The summed E-state index contributed by atoms with van der Waals surface area (Å²) in [5.41, 5.74) is 1.49. The molecular weight excluding hydrogens is 541 g/mol. The number of ether oxygens (including phenoxy) is 1. The zero-order chi connectivity index (χ0) is 28.2. The van der Waals surface area contributed by atoms with Gasteiger partial charge in [-0.05, 0) is 31.5 Å². The third kappa shape index (κ3) is 5.00. The van der Waals surface area contributed by atoms with Crippen LogP contribution in [0, 0.1) is 0 Å². The molecule has 2 saturated heterocycles. The fourth-order valence-electron chi connectivity index (χ4n) is 5.30. The van der Waals surface area contributed by atoms with Crippen LogP contribution in [-0.2, 0) is 11.3 Å². The topological polar surface area (TPSA) is 116 Å². The largest absolute Gasteiger partial charge is 0.387 e. The van der Waals surface area contributed by atoms with Crippen LogP contribution in [0.1, 0.15) is 40.1 Å². The number of aromatic nitrogens is 3. The molecule has 3 aliphatic rings. The highest BCUT2D eigenvalue weighted by Gasteiger charge is 2.36. The number of nitrogens with one attached hydrogen (secondary N) is 1. The molecule has 2 fully saturated rings. The van der Waals surface area contributed by atoms with Crippen LogP contribution in [0.15, 0.2) is 30.7 Å². The van der Waals surface area contributed by atoms with Gasteiger partial charge in [-0.3, -0.25) is 14.5 Å². The highest BCUT2D eigenvalue weighted by molar-refractivity contribution is 6.30. The number of fused-ring (bicyclic) bond motifs is 2. The van der Waals surface area contributed by atoms with Crippen LogP contribution in [0.2, 0.25) is 5.02 Å². The number of aliphatic hydroxyl groups is 1. The molecule has 0 spiro atoms. The van der Waals surface area contributed by atoms with Gasteiger partial charge in [0.15, 0.2) is 5.65 Å². The molecule has 2 amide bonds. The Morgan fingerprint density at radius 1 is 1.25 bits per heavy atom. The monoisotopic (exact) mass is 571 g/mol. The number of halogens is 2. The highest BCUT2D eigenvalue weighted by Crippen LogP contribution is 2.36. The molecule has 0 saturated carbocycles. The number of carbonyl (C=O) groups excluding carboxylic acids is 2. The van der Waals surface area contributed by atoms with Crippen molar-refractivity contribution in [2.24, 2.45) is 0 Å². The van der Waals surface area contributed by atoms with Crippen molar-refractivity contribution in [3.63, 3.8) is 0 Å². The predicted octanol–water partition coefficient (Wildman–Crippen LogP) is 2.22. The summed E-state index contributed by atoms with van der Waals surface area (Å²) in [6.07, 6.45) is 2.85. The Balaban J connectivity index is 1.30. The van der Waals surface area contributed by atoms with Crippen molar-refractivity contribution in [1.82, 2.24) is 24.4 Å². The van der Waals surface area contributed by atoms with E-state index in [9.17, 15) is 19.1 Å². The lowest BCUT2D eigenvalue weighted by Crippen LogP contribution is -2.56. The molecule has 11 nitrogen and oxygen atoms in total. The van der Waals surface area contributed by atoms with Crippen LogP contribution in [-0.4, -0.2) is 105 Å². The number of benzene rings is 1. The summed E-state index contributed by atoms with van der Waals surface area (Å²) in [5, 5.41) is 17.7. The van der Waals surface area contributed by atoms with Gasteiger partial charge in [0, 0.05) is 44.5 Å². The Kier molecular flexibility index (Phi) is 6.89. The van der Waals surface area contributed by atoms with Crippen LogP contribution >= 0.6 is 11.6 Å². The van der Waals surface area contributed by atoms with E-state index in [1.54, 1.807) is 18.3 Å². The molecule has 5 heterocycles. The maximum Gasteiger partial charge on any atom is 0.261 e. The first-order chi connectivity index (χ1) is 19.1. The summed E-state index contributed by atoms with van der Waals surface area (Å²) in [6.45, 7) is 7.26. The highest BCUT2D eigenvalue weighted by atomic mass is 35.5. The van der Waals surface area contributed by atoms with E-state index in [2.05, 4.69) is 25.2 Å². The number of anilines is 2. The molecule has 0 bridgehead atoms. The fourth-order valence-corrected chi connectivity index (χ4v) is 5.44. The van der Waals surface area contributed by atoms with Crippen molar-refractivity contribution in [2.45, 2.75) is 38.2 Å². The molecule has 2 N–H and O–H groups in total. The van der Waals surface area contributed by atoms with E-state index in [0.717, 1.165) is 32.0 Å². The van der Waals surface area contributed by atoms with Crippen molar-refractivity contribution in [3.05, 3.63) is 52.4 Å². The normalized spacial score (nSPS) is 19.2. The summed E-state index contributed by atoms with van der Waals surface area (Å²) in [7, 11) is 0. The zero-order valence-electron chi connectivity index (χ0n) is 22.3. The smallest absolute Gasteiger partial charge is 0.261 e. The summed E-state index contributed by atoms with van der Waals surface area (Å²) < 4.78 is 21.5. The third-order valence-corrected chi connectivity index (χ3v) is 8.05. The number of hydrogen-bond donors (Lipinski definition) is 2. The van der Waals surface area contributed by atoms with Gasteiger partial charge in [-0.15, -0.1) is 0 Å². The average molecular weight is 572 g/mol. The number of rotatable bonds is 7. The Morgan fingerprint density at radius 2 is 2.00 bits per heavy atom. The minimum atomic E-state index is -1.61. The molecule has 0 radical (unpaired) electrons. The Morgan fingerprint density at radius 3 is 2.67 bits per heavy atom. The van der Waals surface area contributed by atoms with Gasteiger partial charge in [0.25, 0.3) is 11.8 Å². The molecule has 13 heteroatoms. The predicted molar refractivity (Wildman–Crippen MR) is 147 cm³/mol. The van der Waals surface area contributed by atoms with Crippen molar-refractivity contribution < 1.29 is 23.8 Å². The Bertz CT molecular complexity index is 1460. The molecule has 1 unspecified atom stereocenters. The van der Waals surface area contributed by atoms with Crippen molar-refractivity contribution in [3.8, 4) is 0 Å². The average Bonchev–Trinajstić information content (AvgIpc) is 3.42. The van der Waals surface area contributed by atoms with Crippen LogP contribution < -0.4 is 10.2 Å². The van der Waals surface area contributed by atoms with E-state index in [1.165, 1.54) is 35.7 Å². The minimum absolute atomic E-state index is 0.181. The van der Waals surface area contributed by atoms with Gasteiger partial charge in [-0.1, -0.05) is 11.6 Å². The molecule has 40 heavy (non-hydrogen) atoms.